The molecule has 0 aromatic carbocycles. The van der Waals surface area contributed by atoms with Crippen molar-refractivity contribution in [2.75, 3.05) is 33.4 Å². The van der Waals surface area contributed by atoms with Gasteiger partial charge in [0.1, 0.15) is 0 Å². The van der Waals surface area contributed by atoms with E-state index in [9.17, 15) is 4.79 Å². The number of hydrogen-bond acceptors (Lipinski definition) is 3. The van der Waals surface area contributed by atoms with Crippen molar-refractivity contribution >= 4 is 18.3 Å². The monoisotopic (exact) mass is 252 g/mol. The Morgan fingerprint density at radius 2 is 1.94 bits per heavy atom. The second-order valence-corrected chi connectivity index (χ2v) is 4.19. The average molecular weight is 253 g/mol. The first-order valence-corrected chi connectivity index (χ1v) is 5.54. The van der Waals surface area contributed by atoms with E-state index in [2.05, 4.69) is 31.4 Å². The topological polar surface area (TPSA) is 50.4 Å². The predicted octanol–water partition coefficient (Wildman–Crippen LogP) is 1.05. The first-order valence-electron chi connectivity index (χ1n) is 5.54. The normalized spacial score (nSPS) is 12.1. The first-order chi connectivity index (χ1) is 7.07. The maximum absolute atomic E-state index is 11.3. The molecule has 0 bridgehead atoms. The molecule has 0 spiro atoms. The third-order valence-electron chi connectivity index (χ3n) is 2.53. The highest BCUT2D eigenvalue weighted by Crippen LogP contribution is 2.07. The number of nitrogens with one attached hydrogen (secondary N) is 2. The summed E-state index contributed by atoms with van der Waals surface area (Å²) in [6, 6.07) is 0. The summed E-state index contributed by atoms with van der Waals surface area (Å²) < 4.78 is 4.86. The van der Waals surface area contributed by atoms with E-state index in [4.69, 9.17) is 4.74 Å². The van der Waals surface area contributed by atoms with Crippen LogP contribution in [0.1, 0.15) is 20.8 Å². The van der Waals surface area contributed by atoms with Gasteiger partial charge in [0.15, 0.2) is 0 Å². The van der Waals surface area contributed by atoms with E-state index >= 15 is 0 Å². The molecule has 0 heterocycles. The number of methoxy groups -OCH3 is 1. The van der Waals surface area contributed by atoms with Crippen LogP contribution < -0.4 is 10.6 Å². The van der Waals surface area contributed by atoms with E-state index in [-0.39, 0.29) is 18.3 Å². The van der Waals surface area contributed by atoms with Crippen LogP contribution in [0.5, 0.6) is 0 Å². The smallest absolute Gasteiger partial charge is 0.233 e. The van der Waals surface area contributed by atoms with Gasteiger partial charge < -0.3 is 15.4 Å². The fourth-order valence-electron chi connectivity index (χ4n) is 0.949. The molecule has 0 saturated carbocycles. The molecular formula is C11H25ClN2O2. The molecule has 0 rings (SSSR count). The molecule has 2 N–H and O–H groups in total. The van der Waals surface area contributed by atoms with E-state index in [1.165, 1.54) is 0 Å². The Morgan fingerprint density at radius 1 is 1.31 bits per heavy atom. The van der Waals surface area contributed by atoms with Crippen LogP contribution >= 0.6 is 12.4 Å². The van der Waals surface area contributed by atoms with Gasteiger partial charge in [-0.3, -0.25) is 4.79 Å². The van der Waals surface area contributed by atoms with Crippen LogP contribution in [0.4, 0.5) is 0 Å². The second-order valence-electron chi connectivity index (χ2n) is 4.19. The largest absolute Gasteiger partial charge is 0.383 e. The van der Waals surface area contributed by atoms with Crippen LogP contribution in [0.2, 0.25) is 0 Å². The molecule has 98 valence electrons. The van der Waals surface area contributed by atoms with E-state index in [1.54, 1.807) is 7.11 Å². The molecule has 1 amide bonds. The molecule has 0 fully saturated rings. The third kappa shape index (κ3) is 10.2. The lowest BCUT2D eigenvalue weighted by Gasteiger charge is -2.16. The van der Waals surface area contributed by atoms with Gasteiger partial charge in [-0.15, -0.1) is 12.4 Å². The fraction of sp³-hybridized carbons (Fsp3) is 0.909. The van der Waals surface area contributed by atoms with Crippen molar-refractivity contribution in [3.8, 4) is 0 Å². The highest BCUT2D eigenvalue weighted by atomic mass is 35.5. The molecule has 0 saturated heterocycles. The van der Waals surface area contributed by atoms with Gasteiger partial charge in [0.25, 0.3) is 0 Å². The number of amides is 1. The molecule has 1 atom stereocenters. The molecule has 5 heteroatoms. The summed E-state index contributed by atoms with van der Waals surface area (Å²) in [5.74, 6) is 1.18. The molecular weight excluding hydrogens is 228 g/mol. The molecule has 4 nitrogen and oxygen atoms in total. The Bertz CT molecular complexity index is 177. The highest BCUT2D eigenvalue weighted by molar-refractivity contribution is 5.85. The summed E-state index contributed by atoms with van der Waals surface area (Å²) in [6.07, 6.45) is 0. The van der Waals surface area contributed by atoms with Gasteiger partial charge in [-0.05, 0) is 11.8 Å². The number of halogens is 1. The average Bonchev–Trinajstić information content (AvgIpc) is 2.20. The van der Waals surface area contributed by atoms with Crippen molar-refractivity contribution in [3.05, 3.63) is 0 Å². The van der Waals surface area contributed by atoms with Gasteiger partial charge in [-0.1, -0.05) is 20.8 Å². The van der Waals surface area contributed by atoms with Crippen molar-refractivity contribution in [3.63, 3.8) is 0 Å². The van der Waals surface area contributed by atoms with Gasteiger partial charge in [0, 0.05) is 20.2 Å². The fourth-order valence-corrected chi connectivity index (χ4v) is 0.949. The van der Waals surface area contributed by atoms with E-state index in [1.807, 2.05) is 0 Å². The quantitative estimate of drug-likeness (QED) is 0.635. The standard InChI is InChI=1S/C11H24N2O2.ClH/c1-9(2)10(3)7-13-11(14)8-12-5-6-15-4;/h9-10,12H,5-8H2,1-4H3,(H,13,14);1H. The SMILES string of the molecule is COCCNCC(=O)NCC(C)C(C)C.Cl. The number of ether oxygens (including phenoxy) is 1. The molecule has 0 aromatic rings. The third-order valence-corrected chi connectivity index (χ3v) is 2.53. The van der Waals surface area contributed by atoms with Crippen LogP contribution in [0, 0.1) is 11.8 Å². The molecule has 16 heavy (non-hydrogen) atoms. The Balaban J connectivity index is 0. The molecule has 0 aliphatic rings. The molecule has 0 radical (unpaired) electrons. The van der Waals surface area contributed by atoms with Crippen molar-refractivity contribution < 1.29 is 9.53 Å². The summed E-state index contributed by atoms with van der Waals surface area (Å²) in [7, 11) is 1.64. The first kappa shape index (κ1) is 18.1. The Kier molecular flexibility index (Phi) is 12.6. The minimum atomic E-state index is 0. The molecule has 0 aliphatic carbocycles. The summed E-state index contributed by atoms with van der Waals surface area (Å²) in [5, 5.41) is 5.90. The number of rotatable bonds is 8. The van der Waals surface area contributed by atoms with Gasteiger partial charge in [-0.25, -0.2) is 0 Å². The van der Waals surface area contributed by atoms with E-state index < -0.39 is 0 Å². The van der Waals surface area contributed by atoms with Gasteiger partial charge in [0.2, 0.25) is 5.91 Å². The Morgan fingerprint density at radius 3 is 2.44 bits per heavy atom. The minimum absolute atomic E-state index is 0. The lowest BCUT2D eigenvalue weighted by Crippen LogP contribution is -2.37. The van der Waals surface area contributed by atoms with Crippen molar-refractivity contribution in [1.29, 1.82) is 0 Å². The van der Waals surface area contributed by atoms with E-state index in [0.29, 0.717) is 31.5 Å². The molecule has 1 unspecified atom stereocenters. The van der Waals surface area contributed by atoms with Crippen LogP contribution in [-0.2, 0) is 9.53 Å². The number of carbonyl (C=O) groups excluding carboxylic acids is 1. The highest BCUT2D eigenvalue weighted by Gasteiger charge is 2.08. The zero-order valence-corrected chi connectivity index (χ0v) is 11.5. The predicted molar refractivity (Wildman–Crippen MR) is 69.0 cm³/mol. The maximum atomic E-state index is 11.3. The lowest BCUT2D eigenvalue weighted by atomic mass is 9.98. The Hall–Kier alpha value is -0.320. The van der Waals surface area contributed by atoms with Crippen molar-refractivity contribution in [2.24, 2.45) is 11.8 Å². The Labute approximate surface area is 105 Å². The van der Waals surface area contributed by atoms with E-state index in [0.717, 1.165) is 6.54 Å². The van der Waals surface area contributed by atoms with Gasteiger partial charge in [-0.2, -0.15) is 0 Å². The zero-order valence-electron chi connectivity index (χ0n) is 10.7. The summed E-state index contributed by atoms with van der Waals surface area (Å²) in [6.45, 7) is 8.93. The number of carbonyl (C=O) groups is 1. The molecule has 0 aromatic heterocycles. The zero-order chi connectivity index (χ0) is 11.7. The summed E-state index contributed by atoms with van der Waals surface area (Å²) in [4.78, 5) is 11.3. The van der Waals surface area contributed by atoms with Crippen molar-refractivity contribution in [1.82, 2.24) is 10.6 Å². The van der Waals surface area contributed by atoms with Gasteiger partial charge >= 0.3 is 0 Å². The molecule has 0 aliphatic heterocycles. The summed E-state index contributed by atoms with van der Waals surface area (Å²) in [5.41, 5.74) is 0. The summed E-state index contributed by atoms with van der Waals surface area (Å²) >= 11 is 0. The van der Waals surface area contributed by atoms with Crippen LogP contribution in [-0.4, -0.2) is 39.3 Å². The van der Waals surface area contributed by atoms with Gasteiger partial charge in [0.05, 0.1) is 13.2 Å². The maximum Gasteiger partial charge on any atom is 0.233 e. The minimum Gasteiger partial charge on any atom is -0.383 e. The second kappa shape index (κ2) is 11.2. The van der Waals surface area contributed by atoms with Crippen LogP contribution in [0.15, 0.2) is 0 Å². The van der Waals surface area contributed by atoms with Crippen molar-refractivity contribution in [2.45, 2.75) is 20.8 Å². The van der Waals surface area contributed by atoms with Crippen LogP contribution in [0.25, 0.3) is 0 Å². The van der Waals surface area contributed by atoms with Crippen LogP contribution in [0.3, 0.4) is 0 Å². The number of hydrogen-bond donors (Lipinski definition) is 2. The lowest BCUT2D eigenvalue weighted by molar-refractivity contribution is -0.120.